The number of amidine groups is 1. The monoisotopic (exact) mass is 263 g/mol. The average Bonchev–Trinajstić information content (AvgIpc) is 2.35. The second kappa shape index (κ2) is 5.32. The zero-order chi connectivity index (χ0) is 13.1. The third-order valence-electron chi connectivity index (χ3n) is 2.46. The highest BCUT2D eigenvalue weighted by atomic mass is 32.2. The summed E-state index contributed by atoms with van der Waals surface area (Å²) < 4.78 is 0. The molecule has 6 heteroatoms. The molecule has 1 heterocycles. The summed E-state index contributed by atoms with van der Waals surface area (Å²) in [4.78, 5) is 27.4. The van der Waals surface area contributed by atoms with Crippen molar-refractivity contribution in [3.8, 4) is 0 Å². The number of nitrogens with two attached hydrogens (primary N) is 1. The van der Waals surface area contributed by atoms with Crippen LogP contribution < -0.4 is 11.1 Å². The fourth-order valence-electron chi connectivity index (χ4n) is 1.42. The first-order chi connectivity index (χ1) is 8.56. The van der Waals surface area contributed by atoms with Gasteiger partial charge in [0.1, 0.15) is 5.84 Å². The molecule has 3 N–H and O–H groups in total. The van der Waals surface area contributed by atoms with E-state index in [0.717, 1.165) is 4.90 Å². The lowest BCUT2D eigenvalue weighted by Crippen LogP contribution is -2.52. The first kappa shape index (κ1) is 12.8. The highest BCUT2D eigenvalue weighted by Gasteiger charge is 2.27. The fraction of sp³-hybridized carbons (Fsp3) is 0.250. The van der Waals surface area contributed by atoms with Crippen molar-refractivity contribution in [2.75, 3.05) is 5.75 Å². The lowest BCUT2D eigenvalue weighted by molar-refractivity contribution is -0.129. The van der Waals surface area contributed by atoms with E-state index < -0.39 is 17.9 Å². The first-order valence-electron chi connectivity index (χ1n) is 5.43. The van der Waals surface area contributed by atoms with Crippen molar-refractivity contribution in [2.45, 2.75) is 17.9 Å². The molecule has 0 aliphatic carbocycles. The predicted octanol–water partition coefficient (Wildman–Crippen LogP) is 0.469. The normalized spacial score (nSPS) is 19.4. The van der Waals surface area contributed by atoms with Gasteiger partial charge in [-0.2, -0.15) is 4.99 Å². The number of benzene rings is 1. The smallest absolute Gasteiger partial charge is 0.274 e. The lowest BCUT2D eigenvalue weighted by atomic mass is 10.2. The lowest BCUT2D eigenvalue weighted by Gasteiger charge is -2.16. The molecule has 2 rings (SSSR count). The minimum atomic E-state index is -1.17. The van der Waals surface area contributed by atoms with Crippen LogP contribution >= 0.6 is 11.8 Å². The van der Waals surface area contributed by atoms with Crippen LogP contribution in [0.1, 0.15) is 5.56 Å². The SMILES string of the molecule is Cc1ccc(SCC2=NC(=O)C(N)C(=O)N2)cc1. The van der Waals surface area contributed by atoms with Crippen molar-refractivity contribution in [1.29, 1.82) is 0 Å². The van der Waals surface area contributed by atoms with E-state index in [1.54, 1.807) is 0 Å². The van der Waals surface area contributed by atoms with E-state index in [1.165, 1.54) is 17.3 Å². The van der Waals surface area contributed by atoms with E-state index in [2.05, 4.69) is 10.3 Å². The number of hydrogen-bond donors (Lipinski definition) is 2. The van der Waals surface area contributed by atoms with E-state index in [4.69, 9.17) is 5.73 Å². The van der Waals surface area contributed by atoms with E-state index in [0.29, 0.717) is 11.6 Å². The summed E-state index contributed by atoms with van der Waals surface area (Å²) in [5.74, 6) is -0.280. The average molecular weight is 263 g/mol. The quantitative estimate of drug-likeness (QED) is 0.613. The first-order valence-corrected chi connectivity index (χ1v) is 6.42. The molecule has 0 saturated carbocycles. The van der Waals surface area contributed by atoms with Crippen molar-refractivity contribution < 1.29 is 9.59 Å². The standard InChI is InChI=1S/C12H13N3O2S/c1-7-2-4-8(5-3-7)18-6-9-14-11(16)10(13)12(17)15-9/h2-5,10H,6,13H2,1H3,(H,14,15,16,17). The van der Waals surface area contributed by atoms with Crippen molar-refractivity contribution in [1.82, 2.24) is 5.32 Å². The molecule has 1 aliphatic rings. The molecule has 1 unspecified atom stereocenters. The molecule has 1 aromatic rings. The Bertz CT molecular complexity index is 511. The zero-order valence-corrected chi connectivity index (χ0v) is 10.7. The number of nitrogens with one attached hydrogen (secondary N) is 1. The van der Waals surface area contributed by atoms with Gasteiger partial charge in [-0.05, 0) is 19.1 Å². The number of nitrogens with zero attached hydrogens (tertiary/aromatic N) is 1. The molecule has 0 saturated heterocycles. The molecule has 0 spiro atoms. The second-order valence-electron chi connectivity index (χ2n) is 3.97. The van der Waals surface area contributed by atoms with E-state index in [9.17, 15) is 9.59 Å². The van der Waals surface area contributed by atoms with Gasteiger partial charge < -0.3 is 11.1 Å². The van der Waals surface area contributed by atoms with Gasteiger partial charge in [-0.1, -0.05) is 17.7 Å². The van der Waals surface area contributed by atoms with Gasteiger partial charge in [-0.3, -0.25) is 9.59 Å². The van der Waals surface area contributed by atoms with Crippen LogP contribution in [0.2, 0.25) is 0 Å². The van der Waals surface area contributed by atoms with Gasteiger partial charge in [-0.15, -0.1) is 11.8 Å². The maximum atomic E-state index is 11.3. The molecule has 18 heavy (non-hydrogen) atoms. The number of aliphatic imine (C=N–C) groups is 1. The third kappa shape index (κ3) is 2.96. The fourth-order valence-corrected chi connectivity index (χ4v) is 2.19. The van der Waals surface area contributed by atoms with Crippen molar-refractivity contribution in [3.63, 3.8) is 0 Å². The summed E-state index contributed by atoms with van der Waals surface area (Å²) in [7, 11) is 0. The van der Waals surface area contributed by atoms with Crippen LogP contribution in [0.5, 0.6) is 0 Å². The van der Waals surface area contributed by atoms with Crippen LogP contribution in [-0.4, -0.2) is 29.4 Å². The molecule has 2 amide bonds. The Balaban J connectivity index is 1.98. The molecular weight excluding hydrogens is 250 g/mol. The van der Waals surface area contributed by atoms with Gasteiger partial charge in [0.05, 0.1) is 5.75 Å². The van der Waals surface area contributed by atoms with E-state index >= 15 is 0 Å². The molecule has 1 aromatic carbocycles. The van der Waals surface area contributed by atoms with Crippen molar-refractivity contribution in [3.05, 3.63) is 29.8 Å². The maximum absolute atomic E-state index is 11.3. The van der Waals surface area contributed by atoms with Gasteiger partial charge in [0, 0.05) is 4.90 Å². The predicted molar refractivity (Wildman–Crippen MR) is 70.5 cm³/mol. The number of carbonyl (C=O) groups is 2. The number of carbonyl (C=O) groups excluding carboxylic acids is 2. The summed E-state index contributed by atoms with van der Waals surface area (Å²) >= 11 is 1.50. The highest BCUT2D eigenvalue weighted by molar-refractivity contribution is 8.00. The van der Waals surface area contributed by atoms with E-state index in [1.807, 2.05) is 31.2 Å². The Morgan fingerprint density at radius 2 is 2.00 bits per heavy atom. The Morgan fingerprint density at radius 3 is 2.61 bits per heavy atom. The Hall–Kier alpha value is -1.66. The molecule has 94 valence electrons. The van der Waals surface area contributed by atoms with Gasteiger partial charge in [0.25, 0.3) is 11.8 Å². The van der Waals surface area contributed by atoms with Crippen LogP contribution in [0.3, 0.4) is 0 Å². The molecule has 1 aliphatic heterocycles. The third-order valence-corrected chi connectivity index (χ3v) is 3.48. The number of hydrogen-bond acceptors (Lipinski definition) is 4. The summed E-state index contributed by atoms with van der Waals surface area (Å²) in [5, 5.41) is 2.52. The highest BCUT2D eigenvalue weighted by Crippen LogP contribution is 2.18. The Kier molecular flexibility index (Phi) is 3.78. The Labute approximate surface area is 109 Å². The topological polar surface area (TPSA) is 84.6 Å². The molecule has 0 radical (unpaired) electrons. The molecule has 0 aromatic heterocycles. The molecular formula is C12H13N3O2S. The molecule has 1 atom stereocenters. The summed E-state index contributed by atoms with van der Waals surface area (Å²) in [6, 6.07) is 6.81. The summed E-state index contributed by atoms with van der Waals surface area (Å²) in [6.45, 7) is 2.01. The van der Waals surface area contributed by atoms with Gasteiger partial charge in [-0.25, -0.2) is 0 Å². The maximum Gasteiger partial charge on any atom is 0.274 e. The zero-order valence-electron chi connectivity index (χ0n) is 9.84. The van der Waals surface area contributed by atoms with Gasteiger partial charge in [0.2, 0.25) is 0 Å². The molecule has 5 nitrogen and oxygen atoms in total. The molecule has 0 fully saturated rings. The van der Waals surface area contributed by atoms with E-state index in [-0.39, 0.29) is 0 Å². The summed E-state index contributed by atoms with van der Waals surface area (Å²) in [6.07, 6.45) is 0. The number of amides is 2. The number of rotatable bonds is 3. The van der Waals surface area contributed by atoms with Crippen molar-refractivity contribution in [2.24, 2.45) is 10.7 Å². The van der Waals surface area contributed by atoms with Crippen LogP contribution in [0.4, 0.5) is 0 Å². The van der Waals surface area contributed by atoms with Crippen LogP contribution in [0.15, 0.2) is 34.2 Å². The summed E-state index contributed by atoms with van der Waals surface area (Å²) in [5.41, 5.74) is 6.52. The van der Waals surface area contributed by atoms with Crippen LogP contribution in [-0.2, 0) is 9.59 Å². The van der Waals surface area contributed by atoms with Gasteiger partial charge >= 0.3 is 0 Å². The number of aryl methyl sites for hydroxylation is 1. The largest absolute Gasteiger partial charge is 0.312 e. The number of thioether (sulfide) groups is 1. The minimum Gasteiger partial charge on any atom is -0.312 e. The van der Waals surface area contributed by atoms with Crippen LogP contribution in [0.25, 0.3) is 0 Å². The van der Waals surface area contributed by atoms with Crippen molar-refractivity contribution >= 4 is 29.4 Å². The minimum absolute atomic E-state index is 0.359. The second-order valence-corrected chi connectivity index (χ2v) is 5.01. The Morgan fingerprint density at radius 1 is 1.33 bits per heavy atom. The van der Waals surface area contributed by atoms with Gasteiger partial charge in [0.15, 0.2) is 6.04 Å². The van der Waals surface area contributed by atoms with Crippen LogP contribution in [0, 0.1) is 6.92 Å². The molecule has 0 bridgehead atoms.